The SMILES string of the molecule is O=C(Cc1ccncn1)c1cccc2ccccc12. The Kier molecular flexibility index (Phi) is 3.02. The van der Waals surface area contributed by atoms with E-state index in [1.165, 1.54) is 6.33 Å². The van der Waals surface area contributed by atoms with Crippen molar-refractivity contribution < 1.29 is 4.79 Å². The molecule has 3 rings (SSSR count). The molecule has 92 valence electrons. The van der Waals surface area contributed by atoms with Crippen molar-refractivity contribution >= 4 is 16.6 Å². The number of fused-ring (bicyclic) bond motifs is 1. The lowest BCUT2D eigenvalue weighted by atomic mass is 9.99. The van der Waals surface area contributed by atoms with Gasteiger partial charge in [0.15, 0.2) is 5.78 Å². The van der Waals surface area contributed by atoms with E-state index in [2.05, 4.69) is 9.97 Å². The lowest BCUT2D eigenvalue weighted by molar-refractivity contribution is 0.0993. The number of hydrogen-bond donors (Lipinski definition) is 0. The quantitative estimate of drug-likeness (QED) is 0.669. The molecule has 1 aromatic heterocycles. The molecule has 1 heterocycles. The van der Waals surface area contributed by atoms with Gasteiger partial charge in [-0.2, -0.15) is 0 Å². The topological polar surface area (TPSA) is 42.9 Å². The molecule has 0 bridgehead atoms. The summed E-state index contributed by atoms with van der Waals surface area (Å²) in [6.07, 6.45) is 3.42. The molecule has 0 fully saturated rings. The van der Waals surface area contributed by atoms with Crippen molar-refractivity contribution in [3.8, 4) is 0 Å². The summed E-state index contributed by atoms with van der Waals surface area (Å²) < 4.78 is 0. The van der Waals surface area contributed by atoms with E-state index in [0.717, 1.165) is 22.0 Å². The summed E-state index contributed by atoms with van der Waals surface area (Å²) in [7, 11) is 0. The van der Waals surface area contributed by atoms with E-state index in [9.17, 15) is 4.79 Å². The summed E-state index contributed by atoms with van der Waals surface area (Å²) in [4.78, 5) is 20.3. The Labute approximate surface area is 111 Å². The van der Waals surface area contributed by atoms with Crippen LogP contribution in [0.1, 0.15) is 16.1 Å². The maximum absolute atomic E-state index is 12.4. The summed E-state index contributed by atoms with van der Waals surface area (Å²) in [5, 5.41) is 2.07. The van der Waals surface area contributed by atoms with Gasteiger partial charge in [0, 0.05) is 11.8 Å². The fourth-order valence-electron chi connectivity index (χ4n) is 2.15. The van der Waals surface area contributed by atoms with Crippen LogP contribution in [0, 0.1) is 0 Å². The minimum absolute atomic E-state index is 0.0792. The van der Waals surface area contributed by atoms with Crippen LogP contribution in [0.25, 0.3) is 10.8 Å². The number of rotatable bonds is 3. The van der Waals surface area contributed by atoms with Gasteiger partial charge < -0.3 is 0 Å². The first-order valence-electron chi connectivity index (χ1n) is 6.10. The molecule has 0 saturated carbocycles. The Balaban J connectivity index is 1.98. The van der Waals surface area contributed by atoms with Crippen LogP contribution in [-0.2, 0) is 6.42 Å². The van der Waals surface area contributed by atoms with E-state index < -0.39 is 0 Å². The van der Waals surface area contributed by atoms with Crippen LogP contribution in [0.2, 0.25) is 0 Å². The van der Waals surface area contributed by atoms with E-state index >= 15 is 0 Å². The number of carbonyl (C=O) groups excluding carboxylic acids is 1. The lowest BCUT2D eigenvalue weighted by Gasteiger charge is -2.05. The van der Waals surface area contributed by atoms with Crippen LogP contribution in [0.15, 0.2) is 61.1 Å². The third-order valence-electron chi connectivity index (χ3n) is 3.07. The van der Waals surface area contributed by atoms with Crippen LogP contribution < -0.4 is 0 Å². The predicted octanol–water partition coefficient (Wildman–Crippen LogP) is 3.06. The number of nitrogens with zero attached hydrogens (tertiary/aromatic N) is 2. The smallest absolute Gasteiger partial charge is 0.169 e. The summed E-state index contributed by atoms with van der Waals surface area (Å²) in [5.41, 5.74) is 1.49. The molecule has 0 atom stereocenters. The summed E-state index contributed by atoms with van der Waals surface area (Å²) in [6.45, 7) is 0. The van der Waals surface area contributed by atoms with Crippen LogP contribution in [0.4, 0.5) is 0 Å². The molecule has 0 unspecified atom stereocenters. The minimum atomic E-state index is 0.0792. The molecule has 0 amide bonds. The second-order valence-electron chi connectivity index (χ2n) is 4.33. The highest BCUT2D eigenvalue weighted by atomic mass is 16.1. The van der Waals surface area contributed by atoms with Gasteiger partial charge in [-0.25, -0.2) is 9.97 Å². The Morgan fingerprint density at radius 2 is 1.84 bits per heavy atom. The molecule has 3 nitrogen and oxygen atoms in total. The van der Waals surface area contributed by atoms with Gasteiger partial charge in [0.1, 0.15) is 6.33 Å². The van der Waals surface area contributed by atoms with Gasteiger partial charge in [-0.1, -0.05) is 42.5 Å². The van der Waals surface area contributed by atoms with E-state index in [1.807, 2.05) is 42.5 Å². The summed E-state index contributed by atoms with van der Waals surface area (Å²) in [6, 6.07) is 15.5. The molecule has 0 aliphatic carbocycles. The predicted molar refractivity (Wildman–Crippen MR) is 74.0 cm³/mol. The Hall–Kier alpha value is -2.55. The maximum Gasteiger partial charge on any atom is 0.169 e. The van der Waals surface area contributed by atoms with E-state index in [4.69, 9.17) is 0 Å². The van der Waals surface area contributed by atoms with E-state index in [-0.39, 0.29) is 5.78 Å². The first-order valence-corrected chi connectivity index (χ1v) is 6.10. The van der Waals surface area contributed by atoms with Crippen molar-refractivity contribution in [3.05, 3.63) is 72.3 Å². The van der Waals surface area contributed by atoms with E-state index in [1.54, 1.807) is 12.3 Å². The fraction of sp³-hybridized carbons (Fsp3) is 0.0625. The first-order chi connectivity index (χ1) is 9.34. The second-order valence-corrected chi connectivity index (χ2v) is 4.33. The molecular weight excluding hydrogens is 236 g/mol. The van der Waals surface area contributed by atoms with Gasteiger partial charge in [-0.05, 0) is 16.8 Å². The third-order valence-corrected chi connectivity index (χ3v) is 3.07. The molecule has 0 N–H and O–H groups in total. The van der Waals surface area contributed by atoms with Crippen molar-refractivity contribution in [2.45, 2.75) is 6.42 Å². The second kappa shape index (κ2) is 4.98. The molecule has 2 aromatic carbocycles. The van der Waals surface area contributed by atoms with Crippen LogP contribution in [0.5, 0.6) is 0 Å². The molecule has 0 aliphatic rings. The van der Waals surface area contributed by atoms with Gasteiger partial charge in [0.25, 0.3) is 0 Å². The normalized spacial score (nSPS) is 10.5. The number of hydrogen-bond acceptors (Lipinski definition) is 3. The molecular formula is C16H12N2O. The largest absolute Gasteiger partial charge is 0.294 e. The molecule has 3 heteroatoms. The first kappa shape index (κ1) is 11.5. The van der Waals surface area contributed by atoms with Gasteiger partial charge in [-0.15, -0.1) is 0 Å². The van der Waals surface area contributed by atoms with Crippen molar-refractivity contribution in [3.63, 3.8) is 0 Å². The maximum atomic E-state index is 12.4. The van der Waals surface area contributed by atoms with Gasteiger partial charge in [0.05, 0.1) is 12.1 Å². The van der Waals surface area contributed by atoms with Crippen molar-refractivity contribution in [2.75, 3.05) is 0 Å². The zero-order valence-electron chi connectivity index (χ0n) is 10.3. The monoisotopic (exact) mass is 248 g/mol. The fourth-order valence-corrected chi connectivity index (χ4v) is 2.15. The molecule has 19 heavy (non-hydrogen) atoms. The molecule has 0 spiro atoms. The van der Waals surface area contributed by atoms with Crippen molar-refractivity contribution in [1.29, 1.82) is 0 Å². The highest BCUT2D eigenvalue weighted by Gasteiger charge is 2.10. The van der Waals surface area contributed by atoms with E-state index in [0.29, 0.717) is 6.42 Å². The number of aromatic nitrogens is 2. The number of carbonyl (C=O) groups is 1. The number of benzene rings is 2. The standard InChI is InChI=1S/C16H12N2O/c19-16(10-13-8-9-17-11-18-13)15-7-3-5-12-4-1-2-6-14(12)15/h1-9,11H,10H2. The zero-order valence-corrected chi connectivity index (χ0v) is 10.3. The average Bonchev–Trinajstić information content (AvgIpc) is 2.47. The van der Waals surface area contributed by atoms with Crippen LogP contribution >= 0.6 is 0 Å². The number of ketones is 1. The summed E-state index contributed by atoms with van der Waals surface area (Å²) in [5.74, 6) is 0.0792. The Morgan fingerprint density at radius 1 is 1.00 bits per heavy atom. The van der Waals surface area contributed by atoms with Crippen LogP contribution in [-0.4, -0.2) is 15.8 Å². The minimum Gasteiger partial charge on any atom is -0.294 e. The molecule has 3 aromatic rings. The molecule has 0 aliphatic heterocycles. The highest BCUT2D eigenvalue weighted by Crippen LogP contribution is 2.19. The lowest BCUT2D eigenvalue weighted by Crippen LogP contribution is -2.05. The Morgan fingerprint density at radius 3 is 2.68 bits per heavy atom. The average molecular weight is 248 g/mol. The van der Waals surface area contributed by atoms with Crippen molar-refractivity contribution in [1.82, 2.24) is 9.97 Å². The molecule has 0 saturated heterocycles. The number of Topliss-reactive ketones (excluding diaryl/α,β-unsaturated/α-hetero) is 1. The highest BCUT2D eigenvalue weighted by molar-refractivity contribution is 6.08. The Bertz CT molecular complexity index is 718. The van der Waals surface area contributed by atoms with Crippen molar-refractivity contribution in [2.24, 2.45) is 0 Å². The van der Waals surface area contributed by atoms with Gasteiger partial charge >= 0.3 is 0 Å². The summed E-state index contributed by atoms with van der Waals surface area (Å²) >= 11 is 0. The molecule has 0 radical (unpaired) electrons. The van der Waals surface area contributed by atoms with Gasteiger partial charge in [-0.3, -0.25) is 4.79 Å². The van der Waals surface area contributed by atoms with Crippen LogP contribution in [0.3, 0.4) is 0 Å². The third kappa shape index (κ3) is 2.36. The zero-order chi connectivity index (χ0) is 13.1. The van der Waals surface area contributed by atoms with Gasteiger partial charge in [0.2, 0.25) is 0 Å².